The minimum Gasteiger partial charge on any atom is -0.484 e. The van der Waals surface area contributed by atoms with Gasteiger partial charge in [-0.1, -0.05) is 29.8 Å². The molecule has 2 rings (SSSR count). The second kappa shape index (κ2) is 8.01. The normalized spacial score (nSPS) is 10.1. The molecule has 2 aromatic rings. The molecule has 0 unspecified atom stereocenters. The highest BCUT2D eigenvalue weighted by Crippen LogP contribution is 2.18. The Balaban J connectivity index is 1.79. The first kappa shape index (κ1) is 17.3. The van der Waals surface area contributed by atoms with Crippen molar-refractivity contribution in [3.63, 3.8) is 0 Å². The van der Waals surface area contributed by atoms with Crippen molar-refractivity contribution in [2.75, 3.05) is 11.9 Å². The Morgan fingerprint density at radius 3 is 2.42 bits per heavy atom. The van der Waals surface area contributed by atoms with Crippen LogP contribution in [-0.2, 0) is 11.3 Å². The van der Waals surface area contributed by atoms with E-state index in [0.29, 0.717) is 18.0 Å². The number of primary amides is 1. The van der Waals surface area contributed by atoms with E-state index in [1.807, 2.05) is 32.0 Å². The molecular formula is C18H21N3O3. The van der Waals surface area contributed by atoms with Crippen molar-refractivity contribution in [1.82, 2.24) is 5.32 Å². The van der Waals surface area contributed by atoms with Gasteiger partial charge in [-0.25, -0.2) is 4.79 Å². The second-order valence-electron chi connectivity index (χ2n) is 5.52. The third kappa shape index (κ3) is 5.31. The molecule has 0 atom stereocenters. The van der Waals surface area contributed by atoms with E-state index < -0.39 is 6.03 Å². The molecule has 0 aromatic heterocycles. The topological polar surface area (TPSA) is 93.4 Å². The van der Waals surface area contributed by atoms with E-state index in [-0.39, 0.29) is 12.5 Å². The zero-order valence-electron chi connectivity index (χ0n) is 13.8. The van der Waals surface area contributed by atoms with Crippen LogP contribution in [0.5, 0.6) is 5.75 Å². The number of benzene rings is 2. The molecule has 24 heavy (non-hydrogen) atoms. The van der Waals surface area contributed by atoms with Gasteiger partial charge in [-0.3, -0.25) is 4.79 Å². The van der Waals surface area contributed by atoms with Gasteiger partial charge in [0.15, 0.2) is 6.61 Å². The van der Waals surface area contributed by atoms with Gasteiger partial charge in [0.2, 0.25) is 0 Å². The van der Waals surface area contributed by atoms with E-state index >= 15 is 0 Å². The summed E-state index contributed by atoms with van der Waals surface area (Å²) in [6, 6.07) is 12.3. The molecule has 0 saturated heterocycles. The number of hydrogen-bond donors (Lipinski definition) is 3. The van der Waals surface area contributed by atoms with Crippen LogP contribution in [0, 0.1) is 13.8 Å². The van der Waals surface area contributed by atoms with Crippen LogP contribution in [0.4, 0.5) is 10.5 Å². The Labute approximate surface area is 141 Å². The number of carbonyl (C=O) groups is 2. The van der Waals surface area contributed by atoms with Crippen LogP contribution in [-0.4, -0.2) is 18.5 Å². The molecule has 6 nitrogen and oxygen atoms in total. The Morgan fingerprint density at radius 1 is 1.08 bits per heavy atom. The quantitative estimate of drug-likeness (QED) is 0.761. The first-order valence-electron chi connectivity index (χ1n) is 7.56. The van der Waals surface area contributed by atoms with Crippen LogP contribution in [0.1, 0.15) is 16.7 Å². The van der Waals surface area contributed by atoms with Gasteiger partial charge in [0.05, 0.1) is 0 Å². The predicted molar refractivity (Wildman–Crippen MR) is 92.9 cm³/mol. The number of carbonyl (C=O) groups excluding carboxylic acids is 2. The highest BCUT2D eigenvalue weighted by Gasteiger charge is 2.05. The van der Waals surface area contributed by atoms with Crippen molar-refractivity contribution in [1.29, 1.82) is 0 Å². The summed E-state index contributed by atoms with van der Waals surface area (Å²) >= 11 is 0. The fourth-order valence-electron chi connectivity index (χ4n) is 2.20. The highest BCUT2D eigenvalue weighted by atomic mass is 16.5. The number of nitrogens with one attached hydrogen (secondary N) is 2. The highest BCUT2D eigenvalue weighted by molar-refractivity contribution is 5.87. The number of urea groups is 1. The number of hydrogen-bond acceptors (Lipinski definition) is 3. The number of nitrogens with two attached hydrogens (primary N) is 1. The lowest BCUT2D eigenvalue weighted by Gasteiger charge is -2.10. The fraction of sp³-hybridized carbons (Fsp3) is 0.222. The Kier molecular flexibility index (Phi) is 5.78. The summed E-state index contributed by atoms with van der Waals surface area (Å²) in [5.74, 6) is 0.506. The Hall–Kier alpha value is -3.02. The molecule has 0 fully saturated rings. The molecule has 0 heterocycles. The molecule has 4 N–H and O–H groups in total. The van der Waals surface area contributed by atoms with Crippen LogP contribution in [0.2, 0.25) is 0 Å². The van der Waals surface area contributed by atoms with Crippen LogP contribution >= 0.6 is 0 Å². The Bertz CT molecular complexity index is 727. The molecule has 126 valence electrons. The summed E-state index contributed by atoms with van der Waals surface area (Å²) in [4.78, 5) is 22.6. The predicted octanol–water partition coefficient (Wildman–Crippen LogP) is 2.49. The number of amides is 3. The number of aryl methyl sites for hydroxylation is 2. The molecule has 0 radical (unpaired) electrons. The molecule has 6 heteroatoms. The third-order valence-corrected chi connectivity index (χ3v) is 3.40. The summed E-state index contributed by atoms with van der Waals surface area (Å²) in [5, 5.41) is 5.26. The maximum absolute atomic E-state index is 11.9. The maximum Gasteiger partial charge on any atom is 0.316 e. The monoisotopic (exact) mass is 327 g/mol. The molecule has 0 spiro atoms. The van der Waals surface area contributed by atoms with Gasteiger partial charge in [0.25, 0.3) is 5.91 Å². The van der Waals surface area contributed by atoms with E-state index in [9.17, 15) is 9.59 Å². The van der Waals surface area contributed by atoms with E-state index in [0.717, 1.165) is 16.7 Å². The lowest BCUT2D eigenvalue weighted by Crippen LogP contribution is -2.28. The molecule has 0 aliphatic heterocycles. The zero-order valence-corrected chi connectivity index (χ0v) is 13.8. The molecule has 0 aliphatic carbocycles. The van der Waals surface area contributed by atoms with Gasteiger partial charge in [0.1, 0.15) is 5.75 Å². The minimum atomic E-state index is -0.611. The summed E-state index contributed by atoms with van der Waals surface area (Å²) in [6.45, 7) is 4.30. The lowest BCUT2D eigenvalue weighted by atomic mass is 10.1. The molecule has 0 aliphatic rings. The van der Waals surface area contributed by atoms with Gasteiger partial charge >= 0.3 is 6.03 Å². The van der Waals surface area contributed by atoms with Crippen LogP contribution in [0.3, 0.4) is 0 Å². The average molecular weight is 327 g/mol. The van der Waals surface area contributed by atoms with Crippen molar-refractivity contribution >= 4 is 17.6 Å². The van der Waals surface area contributed by atoms with Crippen molar-refractivity contribution < 1.29 is 14.3 Å². The molecular weight excluding hydrogens is 306 g/mol. The standard InChI is InChI=1S/C18H21N3O3/c1-12-3-8-16(13(2)9-12)24-11-17(22)20-10-14-4-6-15(7-5-14)21-18(19)23/h3-9H,10-11H2,1-2H3,(H,20,22)(H3,19,21,23). The summed E-state index contributed by atoms with van der Waals surface area (Å²) in [5.41, 5.74) is 8.71. The SMILES string of the molecule is Cc1ccc(OCC(=O)NCc2ccc(NC(N)=O)cc2)c(C)c1. The van der Waals surface area contributed by atoms with Gasteiger partial charge in [0, 0.05) is 12.2 Å². The average Bonchev–Trinajstić information content (AvgIpc) is 2.53. The smallest absolute Gasteiger partial charge is 0.316 e. The van der Waals surface area contributed by atoms with Gasteiger partial charge in [-0.15, -0.1) is 0 Å². The van der Waals surface area contributed by atoms with Crippen LogP contribution < -0.4 is 21.1 Å². The fourth-order valence-corrected chi connectivity index (χ4v) is 2.20. The van der Waals surface area contributed by atoms with Crippen molar-refractivity contribution in [3.8, 4) is 5.75 Å². The molecule has 0 saturated carbocycles. The maximum atomic E-state index is 11.9. The van der Waals surface area contributed by atoms with Crippen molar-refractivity contribution in [3.05, 3.63) is 59.2 Å². The number of ether oxygens (including phenoxy) is 1. The minimum absolute atomic E-state index is 0.0365. The summed E-state index contributed by atoms with van der Waals surface area (Å²) < 4.78 is 5.53. The van der Waals surface area contributed by atoms with E-state index in [2.05, 4.69) is 10.6 Å². The van der Waals surface area contributed by atoms with E-state index in [1.54, 1.807) is 24.3 Å². The van der Waals surface area contributed by atoms with Gasteiger partial charge in [-0.05, 0) is 43.2 Å². The molecule has 3 amide bonds. The second-order valence-corrected chi connectivity index (χ2v) is 5.52. The number of rotatable bonds is 6. The van der Waals surface area contributed by atoms with E-state index in [1.165, 1.54) is 0 Å². The molecule has 2 aromatic carbocycles. The van der Waals surface area contributed by atoms with Crippen molar-refractivity contribution in [2.24, 2.45) is 5.73 Å². The zero-order chi connectivity index (χ0) is 17.5. The largest absolute Gasteiger partial charge is 0.484 e. The van der Waals surface area contributed by atoms with Crippen LogP contribution in [0.15, 0.2) is 42.5 Å². The third-order valence-electron chi connectivity index (χ3n) is 3.40. The first-order valence-corrected chi connectivity index (χ1v) is 7.56. The summed E-state index contributed by atoms with van der Waals surface area (Å²) in [6.07, 6.45) is 0. The van der Waals surface area contributed by atoms with Gasteiger partial charge in [-0.2, -0.15) is 0 Å². The lowest BCUT2D eigenvalue weighted by molar-refractivity contribution is -0.123. The Morgan fingerprint density at radius 2 is 1.79 bits per heavy atom. The van der Waals surface area contributed by atoms with Crippen LogP contribution in [0.25, 0.3) is 0 Å². The van der Waals surface area contributed by atoms with E-state index in [4.69, 9.17) is 10.5 Å². The van der Waals surface area contributed by atoms with Gasteiger partial charge < -0.3 is 21.1 Å². The summed E-state index contributed by atoms with van der Waals surface area (Å²) in [7, 11) is 0. The molecule has 0 bridgehead atoms. The first-order chi connectivity index (χ1) is 11.4. The van der Waals surface area contributed by atoms with Crippen molar-refractivity contribution in [2.45, 2.75) is 20.4 Å². The number of anilines is 1.